The van der Waals surface area contributed by atoms with Crippen molar-refractivity contribution in [3.63, 3.8) is 0 Å². The molecule has 90 valence electrons. The van der Waals surface area contributed by atoms with E-state index in [2.05, 4.69) is 6.07 Å². The Morgan fingerprint density at radius 2 is 2.00 bits per heavy atom. The Morgan fingerprint density at radius 1 is 1.29 bits per heavy atom. The van der Waals surface area contributed by atoms with E-state index >= 15 is 0 Å². The van der Waals surface area contributed by atoms with Crippen LogP contribution in [-0.2, 0) is 9.53 Å². The van der Waals surface area contributed by atoms with E-state index in [9.17, 15) is 4.79 Å². The average Bonchev–Trinajstić information content (AvgIpc) is 3.23. The van der Waals surface area contributed by atoms with Gasteiger partial charge >= 0.3 is 5.97 Å². The molecule has 0 bridgehead atoms. The van der Waals surface area contributed by atoms with Crippen molar-refractivity contribution < 1.29 is 14.3 Å². The highest BCUT2D eigenvalue weighted by molar-refractivity contribution is 5.83. The number of ether oxygens (including phenoxy) is 2. The lowest BCUT2D eigenvalue weighted by Crippen LogP contribution is -2.31. The molecule has 0 saturated heterocycles. The van der Waals surface area contributed by atoms with E-state index in [0.717, 1.165) is 18.6 Å². The molecule has 0 heterocycles. The highest BCUT2D eigenvalue weighted by Crippen LogP contribution is 2.48. The van der Waals surface area contributed by atoms with Crippen LogP contribution in [0.1, 0.15) is 37.2 Å². The minimum atomic E-state index is -0.695. The van der Waals surface area contributed by atoms with E-state index in [4.69, 9.17) is 9.47 Å². The van der Waals surface area contributed by atoms with Gasteiger partial charge in [0.25, 0.3) is 0 Å². The van der Waals surface area contributed by atoms with E-state index < -0.39 is 5.60 Å². The molecule has 0 radical (unpaired) electrons. The molecule has 0 aromatic heterocycles. The lowest BCUT2D eigenvalue weighted by molar-refractivity contribution is -0.151. The maximum Gasteiger partial charge on any atom is 0.350 e. The van der Waals surface area contributed by atoms with Gasteiger partial charge in [-0.15, -0.1) is 0 Å². The molecule has 2 fully saturated rings. The van der Waals surface area contributed by atoms with Gasteiger partial charge in [0, 0.05) is 12.8 Å². The molecule has 3 heteroatoms. The molecule has 1 aromatic rings. The lowest BCUT2D eigenvalue weighted by Gasteiger charge is -2.18. The summed E-state index contributed by atoms with van der Waals surface area (Å²) in [5.74, 6) is 1.24. The maximum absolute atomic E-state index is 11.6. The number of carbonyl (C=O) groups is 1. The molecule has 0 aliphatic heterocycles. The van der Waals surface area contributed by atoms with Gasteiger partial charge in [0.05, 0.1) is 7.11 Å². The zero-order chi connectivity index (χ0) is 11.9. The molecule has 1 aromatic carbocycles. The molecular weight excluding hydrogens is 216 g/mol. The van der Waals surface area contributed by atoms with Crippen LogP contribution in [0.25, 0.3) is 0 Å². The highest BCUT2D eigenvalue weighted by atomic mass is 16.6. The van der Waals surface area contributed by atoms with Crippen LogP contribution < -0.4 is 4.74 Å². The summed E-state index contributed by atoms with van der Waals surface area (Å²) in [6.45, 7) is 0. The summed E-state index contributed by atoms with van der Waals surface area (Å²) in [4.78, 5) is 11.6. The quantitative estimate of drug-likeness (QED) is 0.749. The van der Waals surface area contributed by atoms with Crippen molar-refractivity contribution in [3.8, 4) is 5.75 Å². The fraction of sp³-hybridized carbons (Fsp3) is 0.500. The first-order valence-corrected chi connectivity index (χ1v) is 6.11. The van der Waals surface area contributed by atoms with Gasteiger partial charge in [-0.05, 0) is 30.4 Å². The van der Waals surface area contributed by atoms with Crippen LogP contribution in [-0.4, -0.2) is 18.7 Å². The van der Waals surface area contributed by atoms with Crippen LogP contribution in [0.3, 0.4) is 0 Å². The van der Waals surface area contributed by atoms with Crippen molar-refractivity contribution in [3.05, 3.63) is 29.8 Å². The van der Waals surface area contributed by atoms with Gasteiger partial charge in [-0.25, -0.2) is 4.79 Å². The molecule has 17 heavy (non-hydrogen) atoms. The van der Waals surface area contributed by atoms with Gasteiger partial charge in [-0.1, -0.05) is 18.2 Å². The second kappa shape index (κ2) is 3.76. The topological polar surface area (TPSA) is 35.5 Å². The Hall–Kier alpha value is -1.51. The van der Waals surface area contributed by atoms with Crippen LogP contribution >= 0.6 is 0 Å². The molecule has 0 unspecified atom stereocenters. The molecule has 2 aliphatic rings. The SMILES string of the molecule is COC(=O)C1(Oc2ccccc2C2CC2)CC1. The molecule has 0 N–H and O–H groups in total. The molecule has 2 aliphatic carbocycles. The fourth-order valence-corrected chi connectivity index (χ4v) is 2.16. The third kappa shape index (κ3) is 1.90. The number of benzene rings is 1. The second-order valence-corrected chi connectivity index (χ2v) is 4.90. The van der Waals surface area contributed by atoms with Gasteiger partial charge in [0.15, 0.2) is 0 Å². The summed E-state index contributed by atoms with van der Waals surface area (Å²) in [6, 6.07) is 8.03. The predicted octanol–water partition coefficient (Wildman–Crippen LogP) is 2.65. The Labute approximate surface area is 101 Å². The van der Waals surface area contributed by atoms with Crippen molar-refractivity contribution in [2.45, 2.75) is 37.2 Å². The Kier molecular flexibility index (Phi) is 2.35. The summed E-state index contributed by atoms with van der Waals surface area (Å²) in [7, 11) is 1.42. The van der Waals surface area contributed by atoms with Crippen LogP contribution in [0, 0.1) is 0 Å². The van der Waals surface area contributed by atoms with E-state index in [1.165, 1.54) is 25.5 Å². The standard InChI is InChI=1S/C14H16O3/c1-16-13(15)14(8-9-14)17-12-5-3-2-4-11(12)10-6-7-10/h2-5,10H,6-9H2,1H3. The van der Waals surface area contributed by atoms with Gasteiger partial charge in [-0.3, -0.25) is 0 Å². The first-order valence-electron chi connectivity index (χ1n) is 6.11. The van der Waals surface area contributed by atoms with E-state index in [-0.39, 0.29) is 5.97 Å². The molecule has 3 nitrogen and oxygen atoms in total. The van der Waals surface area contributed by atoms with E-state index in [0.29, 0.717) is 5.92 Å². The number of esters is 1. The van der Waals surface area contributed by atoms with Gasteiger partial charge in [0.2, 0.25) is 5.60 Å². The molecular formula is C14H16O3. The van der Waals surface area contributed by atoms with Gasteiger partial charge in [-0.2, -0.15) is 0 Å². The fourth-order valence-electron chi connectivity index (χ4n) is 2.16. The summed E-state index contributed by atoms with van der Waals surface area (Å²) >= 11 is 0. The second-order valence-electron chi connectivity index (χ2n) is 4.90. The zero-order valence-corrected chi connectivity index (χ0v) is 9.94. The smallest absolute Gasteiger partial charge is 0.350 e. The summed E-state index contributed by atoms with van der Waals surface area (Å²) in [5, 5.41) is 0. The van der Waals surface area contributed by atoms with Crippen LogP contribution in [0.2, 0.25) is 0 Å². The van der Waals surface area contributed by atoms with E-state index in [1.54, 1.807) is 0 Å². The monoisotopic (exact) mass is 232 g/mol. The van der Waals surface area contributed by atoms with Gasteiger partial charge in [0.1, 0.15) is 5.75 Å². The summed E-state index contributed by atoms with van der Waals surface area (Å²) < 4.78 is 10.7. The summed E-state index contributed by atoms with van der Waals surface area (Å²) in [6.07, 6.45) is 3.98. The lowest BCUT2D eigenvalue weighted by atomic mass is 10.1. The number of para-hydroxylation sites is 1. The number of rotatable bonds is 4. The van der Waals surface area contributed by atoms with Crippen LogP contribution in [0.5, 0.6) is 5.75 Å². The third-order valence-corrected chi connectivity index (χ3v) is 3.50. The average molecular weight is 232 g/mol. The number of hydrogen-bond donors (Lipinski definition) is 0. The van der Waals surface area contributed by atoms with Crippen LogP contribution in [0.4, 0.5) is 0 Å². The normalized spacial score (nSPS) is 20.8. The molecule has 2 saturated carbocycles. The van der Waals surface area contributed by atoms with Crippen molar-refractivity contribution in [1.29, 1.82) is 0 Å². The van der Waals surface area contributed by atoms with Crippen molar-refractivity contribution >= 4 is 5.97 Å². The highest BCUT2D eigenvalue weighted by Gasteiger charge is 2.54. The van der Waals surface area contributed by atoms with Crippen molar-refractivity contribution in [1.82, 2.24) is 0 Å². The molecule has 0 amide bonds. The largest absolute Gasteiger partial charge is 0.475 e. The molecule has 3 rings (SSSR count). The van der Waals surface area contributed by atoms with Crippen molar-refractivity contribution in [2.75, 3.05) is 7.11 Å². The Balaban J connectivity index is 1.83. The Bertz CT molecular complexity index is 445. The third-order valence-electron chi connectivity index (χ3n) is 3.50. The first-order chi connectivity index (χ1) is 8.25. The van der Waals surface area contributed by atoms with Crippen molar-refractivity contribution in [2.24, 2.45) is 0 Å². The number of hydrogen-bond acceptors (Lipinski definition) is 3. The minimum absolute atomic E-state index is 0.247. The zero-order valence-electron chi connectivity index (χ0n) is 9.94. The predicted molar refractivity (Wildman–Crippen MR) is 63.0 cm³/mol. The first kappa shape index (κ1) is 10.6. The van der Waals surface area contributed by atoms with Gasteiger partial charge < -0.3 is 9.47 Å². The summed E-state index contributed by atoms with van der Waals surface area (Å²) in [5.41, 5.74) is 0.544. The molecule has 0 spiro atoms. The van der Waals surface area contributed by atoms with Crippen LogP contribution in [0.15, 0.2) is 24.3 Å². The Morgan fingerprint density at radius 3 is 2.59 bits per heavy atom. The minimum Gasteiger partial charge on any atom is -0.475 e. The maximum atomic E-state index is 11.6. The van der Waals surface area contributed by atoms with E-state index in [1.807, 2.05) is 18.2 Å². The molecule has 0 atom stereocenters. The number of methoxy groups -OCH3 is 1. The number of carbonyl (C=O) groups excluding carboxylic acids is 1.